The lowest BCUT2D eigenvalue weighted by molar-refractivity contribution is 0.104. The molecule has 0 bridgehead atoms. The quantitative estimate of drug-likeness (QED) is 0.544. The summed E-state index contributed by atoms with van der Waals surface area (Å²) >= 11 is 0. The number of benzene rings is 1. The van der Waals surface area contributed by atoms with Gasteiger partial charge in [-0.3, -0.25) is 4.79 Å². The topological polar surface area (TPSA) is 26.3 Å². The van der Waals surface area contributed by atoms with Crippen LogP contribution in [0.2, 0.25) is 0 Å². The molecule has 78 valence electrons. The summed E-state index contributed by atoms with van der Waals surface area (Å²) in [5.74, 6) is 0.808. The van der Waals surface area contributed by atoms with Gasteiger partial charge in [0.15, 0.2) is 5.78 Å². The summed E-state index contributed by atoms with van der Waals surface area (Å²) in [6, 6.07) is 5.78. The normalized spacial score (nSPS) is 14.7. The fourth-order valence-corrected chi connectivity index (χ4v) is 1.82. The molecule has 0 saturated carbocycles. The highest BCUT2D eigenvalue weighted by Crippen LogP contribution is 2.29. The summed E-state index contributed by atoms with van der Waals surface area (Å²) in [6.45, 7) is 2.56. The molecule has 0 fully saturated rings. The highest BCUT2D eigenvalue weighted by atomic mass is 16.5. The lowest BCUT2D eigenvalue weighted by Crippen LogP contribution is -2.12. The lowest BCUT2D eigenvalue weighted by Gasteiger charge is -2.19. The summed E-state index contributed by atoms with van der Waals surface area (Å²) in [5, 5.41) is 0. The van der Waals surface area contributed by atoms with Crippen LogP contribution in [0.1, 0.15) is 29.3 Å². The van der Waals surface area contributed by atoms with Gasteiger partial charge in [0.1, 0.15) is 5.75 Å². The predicted octanol–water partition coefficient (Wildman–Crippen LogP) is 2.77. The number of ether oxygens (including phenoxy) is 1. The summed E-state index contributed by atoms with van der Waals surface area (Å²) in [6.07, 6.45) is 5.37. The third kappa shape index (κ3) is 1.94. The molecule has 2 heteroatoms. The van der Waals surface area contributed by atoms with Gasteiger partial charge in [-0.15, -0.1) is 0 Å². The summed E-state index contributed by atoms with van der Waals surface area (Å²) in [5.41, 5.74) is 1.84. The van der Waals surface area contributed by atoms with Crippen molar-refractivity contribution in [1.82, 2.24) is 0 Å². The van der Waals surface area contributed by atoms with Crippen molar-refractivity contribution in [3.05, 3.63) is 41.5 Å². The highest BCUT2D eigenvalue weighted by molar-refractivity contribution is 6.06. The Hall–Kier alpha value is -1.57. The van der Waals surface area contributed by atoms with Crippen LogP contribution in [0, 0.1) is 0 Å². The highest BCUT2D eigenvalue weighted by Gasteiger charge is 2.17. The van der Waals surface area contributed by atoms with Crippen LogP contribution in [0.5, 0.6) is 5.75 Å². The number of hydrogen-bond acceptors (Lipinski definition) is 2. The zero-order valence-electron chi connectivity index (χ0n) is 8.82. The zero-order chi connectivity index (χ0) is 10.7. The largest absolute Gasteiger partial charge is 0.493 e. The van der Waals surface area contributed by atoms with E-state index in [0.29, 0.717) is 12.2 Å². The third-order valence-corrected chi connectivity index (χ3v) is 2.52. The van der Waals surface area contributed by atoms with E-state index in [1.165, 1.54) is 0 Å². The Morgan fingerprint density at radius 3 is 3.13 bits per heavy atom. The maximum Gasteiger partial charge on any atom is 0.189 e. The van der Waals surface area contributed by atoms with Crippen LogP contribution < -0.4 is 4.74 Å². The molecule has 0 atom stereocenters. The number of carbonyl (C=O) groups is 1. The summed E-state index contributed by atoms with van der Waals surface area (Å²) < 4.78 is 5.57. The Labute approximate surface area is 89.6 Å². The average molecular weight is 202 g/mol. The Balaban J connectivity index is 2.43. The molecule has 1 aliphatic heterocycles. The van der Waals surface area contributed by atoms with Crippen LogP contribution in [0.4, 0.5) is 0 Å². The number of carbonyl (C=O) groups excluding carboxylic acids is 1. The van der Waals surface area contributed by atoms with Crippen LogP contribution in [0.25, 0.3) is 0 Å². The van der Waals surface area contributed by atoms with E-state index in [1.807, 2.05) is 25.1 Å². The number of allylic oxidation sites excluding steroid dienone is 2. The Kier molecular flexibility index (Phi) is 2.86. The number of aryl methyl sites for hydroxylation is 1. The molecule has 2 rings (SSSR count). The first-order valence-electron chi connectivity index (χ1n) is 5.24. The molecule has 0 unspecified atom stereocenters. The van der Waals surface area contributed by atoms with Gasteiger partial charge in [-0.1, -0.05) is 18.2 Å². The van der Waals surface area contributed by atoms with Gasteiger partial charge in [0.05, 0.1) is 12.2 Å². The van der Waals surface area contributed by atoms with Crippen molar-refractivity contribution in [3.8, 4) is 5.75 Å². The van der Waals surface area contributed by atoms with Crippen LogP contribution in [0.3, 0.4) is 0 Å². The van der Waals surface area contributed by atoms with Gasteiger partial charge >= 0.3 is 0 Å². The molecule has 15 heavy (non-hydrogen) atoms. The van der Waals surface area contributed by atoms with E-state index in [0.717, 1.165) is 24.2 Å². The second kappa shape index (κ2) is 4.30. The van der Waals surface area contributed by atoms with Gasteiger partial charge in [0, 0.05) is 0 Å². The molecule has 0 amide bonds. The summed E-state index contributed by atoms with van der Waals surface area (Å²) in [7, 11) is 0. The van der Waals surface area contributed by atoms with E-state index in [4.69, 9.17) is 4.74 Å². The lowest BCUT2D eigenvalue weighted by atomic mass is 10.00. The van der Waals surface area contributed by atoms with E-state index in [2.05, 4.69) is 0 Å². The molecule has 1 aliphatic rings. The van der Waals surface area contributed by atoms with Gasteiger partial charge in [0.2, 0.25) is 0 Å². The van der Waals surface area contributed by atoms with Gasteiger partial charge in [-0.2, -0.15) is 0 Å². The van der Waals surface area contributed by atoms with E-state index < -0.39 is 0 Å². The molecule has 0 saturated heterocycles. The van der Waals surface area contributed by atoms with Gasteiger partial charge < -0.3 is 4.74 Å². The van der Waals surface area contributed by atoms with Crippen molar-refractivity contribution in [2.45, 2.75) is 19.8 Å². The molecule has 0 aliphatic carbocycles. The molecule has 0 N–H and O–H groups in total. The fourth-order valence-electron chi connectivity index (χ4n) is 1.82. The summed E-state index contributed by atoms with van der Waals surface area (Å²) in [4.78, 5) is 11.7. The van der Waals surface area contributed by atoms with Gasteiger partial charge in [-0.25, -0.2) is 0 Å². The van der Waals surface area contributed by atoms with Crippen molar-refractivity contribution in [1.29, 1.82) is 0 Å². The molecule has 1 aromatic rings. The molecule has 1 heterocycles. The maximum absolute atomic E-state index is 11.7. The molecule has 1 aromatic carbocycles. The Bertz CT molecular complexity index is 405. The number of ketones is 1. The minimum Gasteiger partial charge on any atom is -0.493 e. The minimum atomic E-state index is 0.0243. The van der Waals surface area contributed by atoms with E-state index in [-0.39, 0.29) is 5.78 Å². The first-order chi connectivity index (χ1) is 7.33. The first-order valence-corrected chi connectivity index (χ1v) is 5.24. The van der Waals surface area contributed by atoms with Crippen LogP contribution >= 0.6 is 0 Å². The molecule has 0 aromatic heterocycles. The van der Waals surface area contributed by atoms with Crippen molar-refractivity contribution in [2.24, 2.45) is 0 Å². The maximum atomic E-state index is 11.7. The van der Waals surface area contributed by atoms with Crippen LogP contribution in [-0.2, 0) is 6.42 Å². The van der Waals surface area contributed by atoms with E-state index in [9.17, 15) is 4.79 Å². The van der Waals surface area contributed by atoms with Crippen molar-refractivity contribution in [3.63, 3.8) is 0 Å². The van der Waals surface area contributed by atoms with Crippen molar-refractivity contribution >= 4 is 5.78 Å². The second-order valence-electron chi connectivity index (χ2n) is 3.61. The SMILES string of the molecule is C/C=C/C(=O)c1cccc2c1OCCC2. The smallest absolute Gasteiger partial charge is 0.189 e. The predicted molar refractivity (Wildman–Crippen MR) is 59.4 cm³/mol. The van der Waals surface area contributed by atoms with Crippen LogP contribution in [-0.4, -0.2) is 12.4 Å². The van der Waals surface area contributed by atoms with E-state index >= 15 is 0 Å². The zero-order valence-corrected chi connectivity index (χ0v) is 8.82. The van der Waals surface area contributed by atoms with E-state index in [1.54, 1.807) is 12.2 Å². The molecule has 0 radical (unpaired) electrons. The molecular formula is C13H14O2. The average Bonchev–Trinajstić information content (AvgIpc) is 2.28. The first kappa shape index (κ1) is 9.97. The number of rotatable bonds is 2. The molecule has 2 nitrogen and oxygen atoms in total. The van der Waals surface area contributed by atoms with Gasteiger partial charge in [0.25, 0.3) is 0 Å². The van der Waals surface area contributed by atoms with Crippen molar-refractivity contribution in [2.75, 3.05) is 6.61 Å². The molecule has 0 spiro atoms. The Morgan fingerprint density at radius 2 is 2.33 bits per heavy atom. The fraction of sp³-hybridized carbons (Fsp3) is 0.308. The minimum absolute atomic E-state index is 0.0243. The monoisotopic (exact) mass is 202 g/mol. The standard InChI is InChI=1S/C13H14O2/c1-2-5-12(14)11-8-3-6-10-7-4-9-15-13(10)11/h2-3,5-6,8H,4,7,9H2,1H3/b5-2+. The second-order valence-corrected chi connectivity index (χ2v) is 3.61. The number of fused-ring (bicyclic) bond motifs is 1. The van der Waals surface area contributed by atoms with Crippen LogP contribution in [0.15, 0.2) is 30.4 Å². The van der Waals surface area contributed by atoms with Crippen molar-refractivity contribution < 1.29 is 9.53 Å². The third-order valence-electron chi connectivity index (χ3n) is 2.52. The van der Waals surface area contributed by atoms with Gasteiger partial charge in [-0.05, 0) is 37.5 Å². The number of para-hydroxylation sites is 1. The Morgan fingerprint density at radius 1 is 1.47 bits per heavy atom. The number of hydrogen-bond donors (Lipinski definition) is 0. The molecular weight excluding hydrogens is 188 g/mol.